The molecule has 2 rings (SSSR count). The van der Waals surface area contributed by atoms with Crippen LogP contribution in [0.3, 0.4) is 0 Å². The molecule has 0 aliphatic rings. The van der Waals surface area contributed by atoms with Crippen molar-refractivity contribution in [2.45, 2.75) is 20.0 Å². The molecule has 1 heterocycles. The van der Waals surface area contributed by atoms with E-state index in [4.69, 9.17) is 4.42 Å². The van der Waals surface area contributed by atoms with Crippen LogP contribution in [0, 0.1) is 13.8 Å². The summed E-state index contributed by atoms with van der Waals surface area (Å²) < 4.78 is 4.97. The van der Waals surface area contributed by atoms with Crippen LogP contribution >= 0.6 is 0 Å². The Morgan fingerprint density at radius 3 is 2.67 bits per heavy atom. The van der Waals surface area contributed by atoms with Crippen molar-refractivity contribution in [3.8, 4) is 0 Å². The highest BCUT2D eigenvalue weighted by molar-refractivity contribution is 5.38. The molecule has 1 N–H and O–H groups in total. The van der Waals surface area contributed by atoms with Gasteiger partial charge in [-0.2, -0.15) is 0 Å². The molecule has 2 heteroatoms. The maximum Gasteiger partial charge on any atom is 0.107 e. The summed E-state index contributed by atoms with van der Waals surface area (Å²) in [5.41, 5.74) is 4.06. The molecule has 2 nitrogen and oxygen atoms in total. The molecular formula is C13H14O2. The highest BCUT2D eigenvalue weighted by atomic mass is 16.3. The first-order chi connectivity index (χ1) is 7.20. The lowest BCUT2D eigenvalue weighted by Crippen LogP contribution is -2.01. The summed E-state index contributed by atoms with van der Waals surface area (Å²) >= 11 is 0. The number of hydrogen-bond acceptors (Lipinski definition) is 2. The van der Waals surface area contributed by atoms with Crippen LogP contribution in [0.4, 0.5) is 0 Å². The fourth-order valence-corrected chi connectivity index (χ4v) is 1.68. The average Bonchev–Trinajstić information content (AvgIpc) is 2.74. The van der Waals surface area contributed by atoms with Gasteiger partial charge in [-0.05, 0) is 36.6 Å². The van der Waals surface area contributed by atoms with Crippen LogP contribution in [0.5, 0.6) is 0 Å². The minimum absolute atomic E-state index is 0.594. The Morgan fingerprint density at radius 1 is 1.20 bits per heavy atom. The largest absolute Gasteiger partial charge is 0.472 e. The van der Waals surface area contributed by atoms with Crippen LogP contribution < -0.4 is 0 Å². The molecule has 0 bridgehead atoms. The molecule has 0 spiro atoms. The van der Waals surface area contributed by atoms with Gasteiger partial charge < -0.3 is 9.52 Å². The Morgan fingerprint density at radius 2 is 2.00 bits per heavy atom. The number of aliphatic hydroxyl groups is 1. The van der Waals surface area contributed by atoms with Gasteiger partial charge in [0.15, 0.2) is 0 Å². The van der Waals surface area contributed by atoms with Crippen LogP contribution in [0.15, 0.2) is 41.2 Å². The zero-order chi connectivity index (χ0) is 10.8. The van der Waals surface area contributed by atoms with E-state index in [0.717, 1.165) is 16.7 Å². The average molecular weight is 202 g/mol. The Balaban J connectivity index is 2.42. The number of aliphatic hydroxyl groups excluding tert-OH is 1. The Labute approximate surface area is 89.2 Å². The first-order valence-corrected chi connectivity index (χ1v) is 4.96. The van der Waals surface area contributed by atoms with E-state index in [9.17, 15) is 5.11 Å². The quantitative estimate of drug-likeness (QED) is 0.812. The van der Waals surface area contributed by atoms with Gasteiger partial charge in [-0.1, -0.05) is 18.2 Å². The summed E-state index contributed by atoms with van der Waals surface area (Å²) in [4.78, 5) is 0. The number of rotatable bonds is 2. The molecule has 0 aliphatic carbocycles. The van der Waals surface area contributed by atoms with Crippen molar-refractivity contribution >= 4 is 0 Å². The SMILES string of the molecule is Cc1cccc(C(O)c2ccoc2)c1C. The van der Waals surface area contributed by atoms with E-state index in [1.54, 1.807) is 18.6 Å². The molecule has 0 radical (unpaired) electrons. The van der Waals surface area contributed by atoms with Gasteiger partial charge in [0, 0.05) is 5.56 Å². The van der Waals surface area contributed by atoms with Gasteiger partial charge in [0.25, 0.3) is 0 Å². The summed E-state index contributed by atoms with van der Waals surface area (Å²) in [6, 6.07) is 7.73. The number of benzene rings is 1. The predicted octanol–water partition coefficient (Wildman–Crippen LogP) is 2.98. The van der Waals surface area contributed by atoms with E-state index < -0.39 is 6.10 Å². The standard InChI is InChI=1S/C13H14O2/c1-9-4-3-5-12(10(9)2)13(14)11-6-7-15-8-11/h3-8,13-14H,1-2H3. The topological polar surface area (TPSA) is 33.4 Å². The van der Waals surface area contributed by atoms with Crippen molar-refractivity contribution in [2.24, 2.45) is 0 Å². The summed E-state index contributed by atoms with van der Waals surface area (Å²) in [7, 11) is 0. The van der Waals surface area contributed by atoms with E-state index in [1.807, 2.05) is 32.0 Å². The molecule has 2 aromatic rings. The molecule has 1 unspecified atom stereocenters. The predicted molar refractivity (Wildman–Crippen MR) is 58.7 cm³/mol. The molecule has 1 aromatic heterocycles. The second kappa shape index (κ2) is 3.91. The summed E-state index contributed by atoms with van der Waals surface area (Å²) in [5, 5.41) is 10.1. The Bertz CT molecular complexity index is 444. The van der Waals surface area contributed by atoms with Crippen molar-refractivity contribution in [3.63, 3.8) is 0 Å². The second-order valence-electron chi connectivity index (χ2n) is 3.75. The first kappa shape index (κ1) is 9.99. The fourth-order valence-electron chi connectivity index (χ4n) is 1.68. The summed E-state index contributed by atoms with van der Waals surface area (Å²) in [5.74, 6) is 0. The highest BCUT2D eigenvalue weighted by Gasteiger charge is 2.14. The van der Waals surface area contributed by atoms with Gasteiger partial charge in [-0.25, -0.2) is 0 Å². The monoisotopic (exact) mass is 202 g/mol. The van der Waals surface area contributed by atoms with E-state index in [2.05, 4.69) is 0 Å². The molecule has 1 atom stereocenters. The molecule has 78 valence electrons. The van der Waals surface area contributed by atoms with Crippen LogP contribution in [0.1, 0.15) is 28.4 Å². The van der Waals surface area contributed by atoms with E-state index in [-0.39, 0.29) is 0 Å². The van der Waals surface area contributed by atoms with Gasteiger partial charge in [0.1, 0.15) is 6.10 Å². The molecule has 1 aromatic carbocycles. The maximum atomic E-state index is 10.1. The van der Waals surface area contributed by atoms with Crippen LogP contribution in [-0.4, -0.2) is 5.11 Å². The lowest BCUT2D eigenvalue weighted by Gasteiger charge is -2.13. The lowest BCUT2D eigenvalue weighted by molar-refractivity contribution is 0.218. The zero-order valence-corrected chi connectivity index (χ0v) is 8.90. The number of aryl methyl sites for hydroxylation is 1. The van der Waals surface area contributed by atoms with E-state index >= 15 is 0 Å². The number of hydrogen-bond donors (Lipinski definition) is 1. The molecular weight excluding hydrogens is 188 g/mol. The van der Waals surface area contributed by atoms with Crippen molar-refractivity contribution in [3.05, 3.63) is 59.0 Å². The van der Waals surface area contributed by atoms with Crippen LogP contribution in [0.2, 0.25) is 0 Å². The third-order valence-corrected chi connectivity index (χ3v) is 2.80. The smallest absolute Gasteiger partial charge is 0.107 e. The molecule has 0 saturated carbocycles. The fraction of sp³-hybridized carbons (Fsp3) is 0.231. The number of furan rings is 1. The normalized spacial score (nSPS) is 12.7. The highest BCUT2D eigenvalue weighted by Crippen LogP contribution is 2.26. The van der Waals surface area contributed by atoms with Crippen molar-refractivity contribution < 1.29 is 9.52 Å². The van der Waals surface area contributed by atoms with E-state index in [1.165, 1.54) is 5.56 Å². The van der Waals surface area contributed by atoms with Crippen LogP contribution in [-0.2, 0) is 0 Å². The molecule has 0 aliphatic heterocycles. The Hall–Kier alpha value is -1.54. The summed E-state index contributed by atoms with van der Waals surface area (Å²) in [6.07, 6.45) is 2.56. The maximum absolute atomic E-state index is 10.1. The van der Waals surface area contributed by atoms with E-state index in [0.29, 0.717) is 0 Å². The zero-order valence-electron chi connectivity index (χ0n) is 8.90. The van der Waals surface area contributed by atoms with Gasteiger partial charge in [0.05, 0.1) is 12.5 Å². The third-order valence-electron chi connectivity index (χ3n) is 2.80. The molecule has 0 fully saturated rings. The van der Waals surface area contributed by atoms with Crippen LogP contribution in [0.25, 0.3) is 0 Å². The minimum Gasteiger partial charge on any atom is -0.472 e. The molecule has 15 heavy (non-hydrogen) atoms. The summed E-state index contributed by atoms with van der Waals surface area (Å²) in [6.45, 7) is 4.06. The van der Waals surface area contributed by atoms with Gasteiger partial charge >= 0.3 is 0 Å². The molecule has 0 amide bonds. The Kier molecular flexibility index (Phi) is 2.60. The van der Waals surface area contributed by atoms with Gasteiger partial charge in [-0.3, -0.25) is 0 Å². The second-order valence-corrected chi connectivity index (χ2v) is 3.75. The van der Waals surface area contributed by atoms with Gasteiger partial charge in [-0.15, -0.1) is 0 Å². The molecule has 0 saturated heterocycles. The van der Waals surface area contributed by atoms with Crippen molar-refractivity contribution in [1.29, 1.82) is 0 Å². The third kappa shape index (κ3) is 1.81. The first-order valence-electron chi connectivity index (χ1n) is 4.96. The minimum atomic E-state index is -0.594. The van der Waals surface area contributed by atoms with Crippen molar-refractivity contribution in [1.82, 2.24) is 0 Å². The van der Waals surface area contributed by atoms with Gasteiger partial charge in [0.2, 0.25) is 0 Å². The lowest BCUT2D eigenvalue weighted by atomic mass is 9.96. The van der Waals surface area contributed by atoms with Crippen molar-refractivity contribution in [2.75, 3.05) is 0 Å².